The third-order valence-electron chi connectivity index (χ3n) is 4.85. The molecule has 5 rings (SSSR count). The Labute approximate surface area is 158 Å². The van der Waals surface area contributed by atoms with Crippen molar-refractivity contribution in [3.05, 3.63) is 96.3 Å². The van der Waals surface area contributed by atoms with Crippen LogP contribution in [0.25, 0.3) is 11.1 Å². The molecule has 132 valence electrons. The van der Waals surface area contributed by atoms with Crippen molar-refractivity contribution >= 4 is 17.3 Å². The Balaban J connectivity index is 1.79. The molecule has 1 aliphatic rings. The number of anilines is 3. The molecule has 27 heavy (non-hydrogen) atoms. The Morgan fingerprint density at radius 3 is 2.33 bits per heavy atom. The molecule has 0 bridgehead atoms. The molecule has 0 amide bonds. The highest BCUT2D eigenvalue weighted by Crippen LogP contribution is 2.48. The first-order valence-electron chi connectivity index (χ1n) is 9.07. The van der Waals surface area contributed by atoms with Crippen LogP contribution in [0.4, 0.5) is 17.3 Å². The lowest BCUT2D eigenvalue weighted by Gasteiger charge is -2.25. The van der Waals surface area contributed by atoms with E-state index in [2.05, 4.69) is 71.6 Å². The van der Waals surface area contributed by atoms with Gasteiger partial charge in [-0.2, -0.15) is 0 Å². The van der Waals surface area contributed by atoms with Crippen LogP contribution in [-0.4, -0.2) is 0 Å². The molecule has 0 aliphatic carbocycles. The summed E-state index contributed by atoms with van der Waals surface area (Å²) in [5, 5.41) is 0. The number of hydrogen-bond donors (Lipinski definition) is 0. The third-order valence-corrected chi connectivity index (χ3v) is 4.85. The van der Waals surface area contributed by atoms with Crippen LogP contribution in [0.5, 0.6) is 5.75 Å². The van der Waals surface area contributed by atoms with Gasteiger partial charge in [0.1, 0.15) is 12.4 Å². The van der Waals surface area contributed by atoms with Crippen molar-refractivity contribution < 1.29 is 9.15 Å². The van der Waals surface area contributed by atoms with Gasteiger partial charge in [0.25, 0.3) is 0 Å². The number of nitrogens with zero attached hydrogens (tertiary/aromatic N) is 1. The summed E-state index contributed by atoms with van der Waals surface area (Å²) in [6, 6.07) is 29.1. The van der Waals surface area contributed by atoms with E-state index in [4.69, 9.17) is 9.15 Å². The number of aryl methyl sites for hydroxylation is 1. The number of furan rings is 1. The van der Waals surface area contributed by atoms with Gasteiger partial charge in [-0.3, -0.25) is 4.90 Å². The van der Waals surface area contributed by atoms with E-state index in [1.807, 2.05) is 25.1 Å². The van der Waals surface area contributed by atoms with E-state index in [-0.39, 0.29) is 0 Å². The molecule has 3 aromatic carbocycles. The van der Waals surface area contributed by atoms with Crippen molar-refractivity contribution in [2.45, 2.75) is 13.5 Å². The number of para-hydroxylation sites is 2. The minimum absolute atomic E-state index is 0.520. The van der Waals surface area contributed by atoms with E-state index >= 15 is 0 Å². The first-order chi connectivity index (χ1) is 13.3. The van der Waals surface area contributed by atoms with Crippen LogP contribution in [0.2, 0.25) is 0 Å². The lowest BCUT2D eigenvalue weighted by Crippen LogP contribution is -2.11. The Morgan fingerprint density at radius 2 is 1.48 bits per heavy atom. The predicted octanol–water partition coefficient (Wildman–Crippen LogP) is 6.62. The van der Waals surface area contributed by atoms with E-state index in [9.17, 15) is 0 Å². The summed E-state index contributed by atoms with van der Waals surface area (Å²) in [5.74, 6) is 2.33. The maximum absolute atomic E-state index is 6.10. The number of fused-ring (bicyclic) bond motifs is 2. The fraction of sp³-hybridized carbons (Fsp3) is 0.0833. The van der Waals surface area contributed by atoms with Crippen LogP contribution in [0.15, 0.2) is 89.3 Å². The second-order valence-corrected chi connectivity index (χ2v) is 6.66. The van der Waals surface area contributed by atoms with Crippen molar-refractivity contribution in [2.24, 2.45) is 0 Å². The molecule has 0 N–H and O–H groups in total. The first-order valence-corrected chi connectivity index (χ1v) is 9.07. The van der Waals surface area contributed by atoms with Gasteiger partial charge in [0.2, 0.25) is 5.88 Å². The van der Waals surface area contributed by atoms with Gasteiger partial charge in [-0.1, -0.05) is 66.7 Å². The van der Waals surface area contributed by atoms with Gasteiger partial charge < -0.3 is 9.15 Å². The average Bonchev–Trinajstić information content (AvgIpc) is 3.01. The van der Waals surface area contributed by atoms with Crippen molar-refractivity contribution in [3.63, 3.8) is 0 Å². The third kappa shape index (κ3) is 2.68. The molecule has 1 aromatic heterocycles. The highest BCUT2D eigenvalue weighted by molar-refractivity contribution is 5.89. The fourth-order valence-electron chi connectivity index (χ4n) is 3.62. The van der Waals surface area contributed by atoms with Gasteiger partial charge in [-0.25, -0.2) is 0 Å². The average molecular weight is 353 g/mol. The first kappa shape index (κ1) is 15.8. The van der Waals surface area contributed by atoms with Crippen LogP contribution in [-0.2, 0) is 6.61 Å². The summed E-state index contributed by atoms with van der Waals surface area (Å²) < 4.78 is 12.2. The molecule has 0 fully saturated rings. The van der Waals surface area contributed by atoms with Crippen molar-refractivity contribution in [1.82, 2.24) is 0 Å². The van der Waals surface area contributed by atoms with Crippen molar-refractivity contribution in [1.29, 1.82) is 0 Å². The summed E-state index contributed by atoms with van der Waals surface area (Å²) in [5.41, 5.74) is 5.59. The van der Waals surface area contributed by atoms with Crippen molar-refractivity contribution in [3.8, 4) is 16.9 Å². The predicted molar refractivity (Wildman–Crippen MR) is 108 cm³/mol. The Morgan fingerprint density at radius 1 is 0.778 bits per heavy atom. The normalized spacial score (nSPS) is 12.7. The van der Waals surface area contributed by atoms with E-state index in [0.717, 1.165) is 39.9 Å². The molecule has 2 heterocycles. The second kappa shape index (κ2) is 6.36. The molecule has 3 nitrogen and oxygen atoms in total. The SMILES string of the molecule is Cc1cc2c(o1)N(c1ccccc1-c1ccccc1)c1ccccc1CO2. The minimum Gasteiger partial charge on any atom is -0.483 e. The van der Waals surface area contributed by atoms with Gasteiger partial charge in [-0.15, -0.1) is 0 Å². The van der Waals surface area contributed by atoms with E-state index in [1.54, 1.807) is 0 Å². The fourth-order valence-corrected chi connectivity index (χ4v) is 3.62. The van der Waals surface area contributed by atoms with Gasteiger partial charge in [0.05, 0.1) is 11.4 Å². The molecule has 4 aromatic rings. The van der Waals surface area contributed by atoms with Crippen molar-refractivity contribution in [2.75, 3.05) is 4.90 Å². The monoisotopic (exact) mass is 353 g/mol. The molecule has 0 saturated carbocycles. The summed E-state index contributed by atoms with van der Waals surface area (Å²) in [6.45, 7) is 2.47. The molecule has 3 heteroatoms. The lowest BCUT2D eigenvalue weighted by atomic mass is 10.0. The standard InChI is InChI=1S/C24H19NO2/c1-17-15-23-24(27-17)25(21-13-7-5-11-19(21)16-26-23)22-14-8-6-12-20(22)18-9-3-2-4-10-18/h2-15H,16H2,1H3. The molecule has 1 aliphatic heterocycles. The van der Waals surface area contributed by atoms with E-state index in [0.29, 0.717) is 6.61 Å². The van der Waals surface area contributed by atoms with Gasteiger partial charge in [0, 0.05) is 17.2 Å². The largest absolute Gasteiger partial charge is 0.483 e. The second-order valence-electron chi connectivity index (χ2n) is 6.66. The van der Waals surface area contributed by atoms with Crippen LogP contribution < -0.4 is 9.64 Å². The molecule has 0 unspecified atom stereocenters. The Kier molecular flexibility index (Phi) is 3.72. The van der Waals surface area contributed by atoms with E-state index in [1.165, 1.54) is 5.56 Å². The Hall–Kier alpha value is -3.46. The minimum atomic E-state index is 0.520. The Bertz CT molecular complexity index is 1100. The summed E-state index contributed by atoms with van der Waals surface area (Å²) in [4.78, 5) is 2.17. The zero-order chi connectivity index (χ0) is 18.2. The molecule has 0 spiro atoms. The highest BCUT2D eigenvalue weighted by Gasteiger charge is 2.28. The van der Waals surface area contributed by atoms with E-state index < -0.39 is 0 Å². The maximum Gasteiger partial charge on any atom is 0.247 e. The number of rotatable bonds is 2. The molecule has 0 atom stereocenters. The smallest absolute Gasteiger partial charge is 0.247 e. The number of ether oxygens (including phenoxy) is 1. The summed E-state index contributed by atoms with van der Waals surface area (Å²) in [7, 11) is 0. The molecule has 0 saturated heterocycles. The number of hydrogen-bond acceptors (Lipinski definition) is 3. The van der Waals surface area contributed by atoms with Crippen LogP contribution >= 0.6 is 0 Å². The van der Waals surface area contributed by atoms with Crippen LogP contribution in [0.3, 0.4) is 0 Å². The summed E-state index contributed by atoms with van der Waals surface area (Å²) >= 11 is 0. The highest BCUT2D eigenvalue weighted by atomic mass is 16.5. The number of benzene rings is 3. The van der Waals surface area contributed by atoms with Crippen LogP contribution in [0, 0.1) is 6.92 Å². The molecular formula is C24H19NO2. The van der Waals surface area contributed by atoms with Gasteiger partial charge >= 0.3 is 0 Å². The topological polar surface area (TPSA) is 25.6 Å². The van der Waals surface area contributed by atoms with Gasteiger partial charge in [-0.05, 0) is 24.6 Å². The zero-order valence-electron chi connectivity index (χ0n) is 15.1. The molecular weight excluding hydrogens is 334 g/mol. The maximum atomic E-state index is 6.10. The lowest BCUT2D eigenvalue weighted by molar-refractivity contribution is 0.308. The van der Waals surface area contributed by atoms with Gasteiger partial charge in [0.15, 0.2) is 5.75 Å². The van der Waals surface area contributed by atoms with Crippen LogP contribution in [0.1, 0.15) is 11.3 Å². The quantitative estimate of drug-likeness (QED) is 0.405. The zero-order valence-corrected chi connectivity index (χ0v) is 15.1. The summed E-state index contributed by atoms with van der Waals surface area (Å²) in [6.07, 6.45) is 0. The molecule has 0 radical (unpaired) electrons.